The number of nitrogen functional groups attached to an aromatic ring is 1. The van der Waals surface area contributed by atoms with Gasteiger partial charge in [-0.15, -0.1) is 10.2 Å². The Labute approximate surface area is 184 Å². The van der Waals surface area contributed by atoms with Crippen LogP contribution in [0.4, 0.5) is 18.9 Å². The average Bonchev–Trinajstić information content (AvgIpc) is 3.08. The highest BCUT2D eigenvalue weighted by molar-refractivity contribution is 8.00. The molecule has 12 heteroatoms. The molecule has 1 amide bonds. The van der Waals surface area contributed by atoms with Crippen LogP contribution in [-0.2, 0) is 11.0 Å². The van der Waals surface area contributed by atoms with Gasteiger partial charge in [-0.05, 0) is 49.4 Å². The van der Waals surface area contributed by atoms with E-state index in [-0.39, 0.29) is 10.8 Å². The minimum Gasteiger partial charge on any atom is -0.497 e. The highest BCUT2D eigenvalue weighted by Gasteiger charge is 2.33. The Morgan fingerprint density at radius 3 is 2.52 bits per heavy atom. The molecule has 2 aromatic carbocycles. The van der Waals surface area contributed by atoms with Crippen LogP contribution in [-0.4, -0.2) is 33.1 Å². The highest BCUT2D eigenvalue weighted by Crippen LogP contribution is 2.36. The number of alkyl halides is 3. The predicted molar refractivity (Wildman–Crippen MR) is 113 cm³/mol. The van der Waals surface area contributed by atoms with E-state index in [1.807, 2.05) is 0 Å². The summed E-state index contributed by atoms with van der Waals surface area (Å²) in [5.74, 6) is 6.58. The second-order valence-corrected chi connectivity index (χ2v) is 8.06. The monoisotopic (exact) mass is 471 g/mol. The molecule has 1 heterocycles. The molecule has 7 nitrogen and oxygen atoms in total. The summed E-state index contributed by atoms with van der Waals surface area (Å²) in [6.07, 6.45) is -4.63. The number of thioether (sulfide) groups is 1. The average molecular weight is 472 g/mol. The molecule has 0 aliphatic rings. The maximum atomic E-state index is 13.0. The minimum atomic E-state index is -4.63. The van der Waals surface area contributed by atoms with Gasteiger partial charge in [-0.3, -0.25) is 4.79 Å². The van der Waals surface area contributed by atoms with Gasteiger partial charge in [0.15, 0.2) is 5.82 Å². The third-order valence-electron chi connectivity index (χ3n) is 4.20. The molecule has 0 aliphatic carbocycles. The van der Waals surface area contributed by atoms with Gasteiger partial charge in [0.25, 0.3) is 0 Å². The first-order valence-corrected chi connectivity index (χ1v) is 10.0. The number of rotatable bonds is 6. The lowest BCUT2D eigenvalue weighted by Crippen LogP contribution is -2.24. The fourth-order valence-electron chi connectivity index (χ4n) is 2.57. The second kappa shape index (κ2) is 9.06. The largest absolute Gasteiger partial charge is 0.497 e. The number of aromatic nitrogens is 3. The molecule has 1 aromatic heterocycles. The maximum absolute atomic E-state index is 13.0. The topological polar surface area (TPSA) is 95.1 Å². The van der Waals surface area contributed by atoms with Crippen molar-refractivity contribution in [3.8, 4) is 17.1 Å². The number of carbonyl (C=O) groups excluding carboxylic acids is 1. The number of nitrogens with zero attached hydrogens (tertiary/aromatic N) is 3. The van der Waals surface area contributed by atoms with Crippen molar-refractivity contribution >= 4 is 35.0 Å². The molecular weight excluding hydrogens is 455 g/mol. The van der Waals surface area contributed by atoms with E-state index in [0.717, 1.165) is 23.9 Å². The molecule has 3 aromatic rings. The summed E-state index contributed by atoms with van der Waals surface area (Å²) in [4.78, 5) is 12.5. The molecule has 0 aliphatic heterocycles. The third kappa shape index (κ3) is 5.23. The van der Waals surface area contributed by atoms with Gasteiger partial charge < -0.3 is 15.9 Å². The molecular formula is C19H17ClF3N5O2S. The number of hydrogen-bond donors (Lipinski definition) is 2. The van der Waals surface area contributed by atoms with Gasteiger partial charge in [0.05, 0.1) is 22.9 Å². The van der Waals surface area contributed by atoms with Crippen LogP contribution in [0.15, 0.2) is 47.6 Å². The maximum Gasteiger partial charge on any atom is 0.417 e. The van der Waals surface area contributed by atoms with Crippen LogP contribution in [0, 0.1) is 0 Å². The van der Waals surface area contributed by atoms with Crippen molar-refractivity contribution in [1.29, 1.82) is 0 Å². The smallest absolute Gasteiger partial charge is 0.417 e. The van der Waals surface area contributed by atoms with Crippen molar-refractivity contribution in [2.75, 3.05) is 18.3 Å². The Hall–Kier alpha value is -2.92. The van der Waals surface area contributed by atoms with Crippen molar-refractivity contribution in [3.63, 3.8) is 0 Å². The number of ether oxygens (including phenoxy) is 1. The van der Waals surface area contributed by atoms with Gasteiger partial charge in [-0.1, -0.05) is 23.4 Å². The molecule has 0 radical (unpaired) electrons. The Morgan fingerprint density at radius 2 is 1.90 bits per heavy atom. The lowest BCUT2D eigenvalue weighted by molar-refractivity contribution is -0.137. The first-order valence-electron chi connectivity index (χ1n) is 8.79. The van der Waals surface area contributed by atoms with Crippen LogP contribution in [0.25, 0.3) is 11.4 Å². The fraction of sp³-hybridized carbons (Fsp3) is 0.211. The Morgan fingerprint density at radius 1 is 1.23 bits per heavy atom. The van der Waals surface area contributed by atoms with E-state index < -0.39 is 27.9 Å². The molecule has 0 spiro atoms. The number of carbonyl (C=O) groups is 1. The van der Waals surface area contributed by atoms with Crippen LogP contribution in [0.3, 0.4) is 0 Å². The second-order valence-electron chi connectivity index (χ2n) is 6.35. The van der Waals surface area contributed by atoms with E-state index in [0.29, 0.717) is 17.1 Å². The van der Waals surface area contributed by atoms with Gasteiger partial charge >= 0.3 is 6.18 Å². The molecule has 3 N–H and O–H groups in total. The van der Waals surface area contributed by atoms with Crippen LogP contribution >= 0.6 is 23.4 Å². The number of nitrogens with one attached hydrogen (secondary N) is 1. The van der Waals surface area contributed by atoms with Crippen LogP contribution < -0.4 is 15.9 Å². The molecule has 1 atom stereocenters. The highest BCUT2D eigenvalue weighted by atomic mass is 35.5. The number of nitrogens with two attached hydrogens (primary N) is 1. The van der Waals surface area contributed by atoms with Gasteiger partial charge in [-0.25, -0.2) is 4.68 Å². The fourth-order valence-corrected chi connectivity index (χ4v) is 3.57. The summed E-state index contributed by atoms with van der Waals surface area (Å²) in [7, 11) is 1.55. The number of anilines is 1. The zero-order valence-electron chi connectivity index (χ0n) is 16.3. The van der Waals surface area contributed by atoms with E-state index in [1.54, 1.807) is 38.3 Å². The minimum absolute atomic E-state index is 0.0256. The summed E-state index contributed by atoms with van der Waals surface area (Å²) in [6, 6.07) is 10.2. The summed E-state index contributed by atoms with van der Waals surface area (Å²) in [5.41, 5.74) is -0.360. The first kappa shape index (κ1) is 22.8. The van der Waals surface area contributed by atoms with E-state index in [4.69, 9.17) is 22.2 Å². The van der Waals surface area contributed by atoms with Crippen LogP contribution in [0.2, 0.25) is 5.02 Å². The van der Waals surface area contributed by atoms with E-state index in [1.165, 1.54) is 10.7 Å². The Bertz CT molecular complexity index is 1090. The van der Waals surface area contributed by atoms with E-state index in [9.17, 15) is 18.0 Å². The Balaban J connectivity index is 1.71. The van der Waals surface area contributed by atoms with Crippen molar-refractivity contribution in [2.24, 2.45) is 0 Å². The van der Waals surface area contributed by atoms with Gasteiger partial charge in [-0.2, -0.15) is 13.2 Å². The molecule has 164 valence electrons. The number of amides is 1. The summed E-state index contributed by atoms with van der Waals surface area (Å²) >= 11 is 6.61. The standard InChI is InChI=1S/C19H17ClF3N5O2S/c1-10(17(29)25-12-5-8-15(20)14(9-12)19(21,22)23)31-18-27-26-16(28(18)24)11-3-6-13(30-2)7-4-11/h3-10H,24H2,1-2H3,(H,25,29). The first-order chi connectivity index (χ1) is 14.6. The molecule has 31 heavy (non-hydrogen) atoms. The van der Waals surface area contributed by atoms with Crippen LogP contribution in [0.1, 0.15) is 12.5 Å². The van der Waals surface area contributed by atoms with Gasteiger partial charge in [0.2, 0.25) is 11.1 Å². The Kier molecular flexibility index (Phi) is 6.65. The molecule has 0 saturated heterocycles. The number of hydrogen-bond acceptors (Lipinski definition) is 6. The quantitative estimate of drug-likeness (QED) is 0.407. The van der Waals surface area contributed by atoms with E-state index >= 15 is 0 Å². The predicted octanol–water partition coefficient (Wildman–Crippen LogP) is 4.46. The normalized spacial score (nSPS) is 12.5. The lowest BCUT2D eigenvalue weighted by Gasteiger charge is -2.14. The lowest BCUT2D eigenvalue weighted by atomic mass is 10.2. The zero-order chi connectivity index (χ0) is 22.8. The van der Waals surface area contributed by atoms with Gasteiger partial charge in [0, 0.05) is 11.3 Å². The summed E-state index contributed by atoms with van der Waals surface area (Å²) in [6.45, 7) is 1.57. The van der Waals surface area contributed by atoms with Crippen molar-refractivity contribution in [3.05, 3.63) is 53.1 Å². The molecule has 0 saturated carbocycles. The summed E-state index contributed by atoms with van der Waals surface area (Å²) in [5, 5.41) is 9.57. The molecule has 0 fully saturated rings. The van der Waals surface area contributed by atoms with Crippen molar-refractivity contribution in [2.45, 2.75) is 23.5 Å². The number of benzene rings is 2. The molecule has 3 rings (SSSR count). The SMILES string of the molecule is COc1ccc(-c2nnc(SC(C)C(=O)Nc3ccc(Cl)c(C(F)(F)F)c3)n2N)cc1. The third-order valence-corrected chi connectivity index (χ3v) is 5.59. The molecule has 0 bridgehead atoms. The molecule has 1 unspecified atom stereocenters. The van der Waals surface area contributed by atoms with Gasteiger partial charge in [0.1, 0.15) is 5.75 Å². The number of halogens is 4. The van der Waals surface area contributed by atoms with E-state index in [2.05, 4.69) is 15.5 Å². The van der Waals surface area contributed by atoms with Crippen LogP contribution in [0.5, 0.6) is 5.75 Å². The summed E-state index contributed by atoms with van der Waals surface area (Å²) < 4.78 is 45.3. The van der Waals surface area contributed by atoms with Crippen molar-refractivity contribution < 1.29 is 22.7 Å². The zero-order valence-corrected chi connectivity index (χ0v) is 17.8. The van der Waals surface area contributed by atoms with Crippen molar-refractivity contribution in [1.82, 2.24) is 14.9 Å². The number of methoxy groups -OCH3 is 1.